The van der Waals surface area contributed by atoms with Crippen LogP contribution in [0.3, 0.4) is 0 Å². The largest absolute Gasteiger partial charge is 0.345 e. The van der Waals surface area contributed by atoms with Gasteiger partial charge in [0.2, 0.25) is 5.91 Å². The molecule has 186 valence electrons. The van der Waals surface area contributed by atoms with Gasteiger partial charge in [-0.15, -0.1) is 0 Å². The second kappa shape index (κ2) is 10.9. The lowest BCUT2D eigenvalue weighted by molar-refractivity contribution is -0.113. The number of rotatable bonds is 8. The molecule has 35 heavy (non-hydrogen) atoms. The number of nitrogens with zero attached hydrogens (tertiary/aromatic N) is 5. The van der Waals surface area contributed by atoms with Crippen molar-refractivity contribution in [3.63, 3.8) is 0 Å². The summed E-state index contributed by atoms with van der Waals surface area (Å²) in [5.41, 5.74) is 0.445. The maximum absolute atomic E-state index is 13.0. The van der Waals surface area contributed by atoms with E-state index >= 15 is 0 Å². The molecule has 0 saturated carbocycles. The molecule has 0 aliphatic heterocycles. The number of hydrogen-bond donors (Lipinski definition) is 1. The molecule has 1 aromatic carbocycles. The maximum Gasteiger partial charge on any atom is 0.332 e. The number of aryl methyl sites for hydroxylation is 1. The molecule has 2 aromatic heterocycles. The van der Waals surface area contributed by atoms with Crippen LogP contribution in [0.25, 0.3) is 11.0 Å². The predicted octanol–water partition coefficient (Wildman–Crippen LogP) is 2.46. The van der Waals surface area contributed by atoms with Gasteiger partial charge in [-0.25, -0.2) is 14.8 Å². The number of amides is 2. The van der Waals surface area contributed by atoms with Gasteiger partial charge in [0.05, 0.1) is 5.75 Å². The Morgan fingerprint density at radius 2 is 1.77 bits per heavy atom. The van der Waals surface area contributed by atoms with Crippen molar-refractivity contribution in [3.05, 3.63) is 56.5 Å². The molecule has 2 amide bonds. The quantitative estimate of drug-likeness (QED) is 0.374. The van der Waals surface area contributed by atoms with Gasteiger partial charge >= 0.3 is 5.69 Å². The summed E-state index contributed by atoms with van der Waals surface area (Å²) in [6, 6.07) is 6.62. The monoisotopic (exact) mass is 498 g/mol. The van der Waals surface area contributed by atoms with Crippen LogP contribution in [-0.2, 0) is 18.4 Å². The summed E-state index contributed by atoms with van der Waals surface area (Å²) in [5.74, 6) is 0.0404. The van der Waals surface area contributed by atoms with Crippen LogP contribution < -0.4 is 16.6 Å². The Kier molecular flexibility index (Phi) is 8.11. The highest BCUT2D eigenvalue weighted by Gasteiger charge is 2.20. The zero-order valence-electron chi connectivity index (χ0n) is 20.8. The van der Waals surface area contributed by atoms with E-state index in [0.29, 0.717) is 40.7 Å². The Balaban J connectivity index is 1.91. The van der Waals surface area contributed by atoms with E-state index < -0.39 is 11.2 Å². The van der Waals surface area contributed by atoms with Gasteiger partial charge in [0.15, 0.2) is 5.65 Å². The molecule has 1 N–H and O–H groups in total. The van der Waals surface area contributed by atoms with Crippen molar-refractivity contribution < 1.29 is 9.59 Å². The molecule has 10 nitrogen and oxygen atoms in total. The fraction of sp³-hybridized carbons (Fsp3) is 0.417. The van der Waals surface area contributed by atoms with E-state index in [2.05, 4.69) is 15.3 Å². The third kappa shape index (κ3) is 5.61. The summed E-state index contributed by atoms with van der Waals surface area (Å²) in [6.45, 7) is 6.21. The van der Waals surface area contributed by atoms with E-state index in [9.17, 15) is 19.2 Å². The van der Waals surface area contributed by atoms with E-state index in [-0.39, 0.29) is 28.9 Å². The van der Waals surface area contributed by atoms with Crippen molar-refractivity contribution in [2.24, 2.45) is 7.05 Å². The summed E-state index contributed by atoms with van der Waals surface area (Å²) >= 11 is 1.12. The summed E-state index contributed by atoms with van der Waals surface area (Å²) in [5, 5.41) is 3.39. The van der Waals surface area contributed by atoms with E-state index in [4.69, 9.17) is 0 Å². The number of fused-ring (bicyclic) bond motifs is 1. The van der Waals surface area contributed by atoms with Crippen LogP contribution in [-0.4, -0.2) is 55.7 Å². The zero-order valence-corrected chi connectivity index (χ0v) is 21.6. The minimum Gasteiger partial charge on any atom is -0.345 e. The maximum atomic E-state index is 13.0. The molecule has 11 heteroatoms. The summed E-state index contributed by atoms with van der Waals surface area (Å²) in [7, 11) is 4.77. The standard InChI is InChI=1S/C24H30N6O4S/c1-7-12-30-20-18(23(33)29(6)24(30)34)21(27-19(26-20)14(2)3)35-13-17(31)25-16-10-8-15(9-11-16)22(32)28(4)5/h8-11,14H,7,12-13H2,1-6H3,(H,25,31). The second-order valence-corrected chi connectivity index (χ2v) is 9.62. The number of carbonyl (C=O) groups excluding carboxylic acids is 2. The van der Waals surface area contributed by atoms with Crippen LogP contribution in [0.2, 0.25) is 0 Å². The molecule has 0 bridgehead atoms. The number of thioether (sulfide) groups is 1. The minimum absolute atomic E-state index is 0.00190. The normalized spacial score (nSPS) is 11.2. The lowest BCUT2D eigenvalue weighted by Crippen LogP contribution is -2.39. The van der Waals surface area contributed by atoms with Crippen LogP contribution in [0.15, 0.2) is 38.9 Å². The minimum atomic E-state index is -0.489. The molecule has 0 spiro atoms. The third-order valence-corrected chi connectivity index (χ3v) is 6.27. The highest BCUT2D eigenvalue weighted by Crippen LogP contribution is 2.25. The highest BCUT2D eigenvalue weighted by molar-refractivity contribution is 8.00. The Labute approximate surface area is 207 Å². The Morgan fingerprint density at radius 1 is 1.11 bits per heavy atom. The molecular weight excluding hydrogens is 468 g/mol. The first-order valence-corrected chi connectivity index (χ1v) is 12.3. The van der Waals surface area contributed by atoms with Crippen LogP contribution in [0.1, 0.15) is 49.3 Å². The number of benzene rings is 1. The summed E-state index contributed by atoms with van der Waals surface area (Å²) in [4.78, 5) is 61.0. The van der Waals surface area contributed by atoms with Crippen molar-refractivity contribution in [3.8, 4) is 0 Å². The van der Waals surface area contributed by atoms with E-state index in [0.717, 1.165) is 16.3 Å². The number of anilines is 1. The van der Waals surface area contributed by atoms with E-state index in [1.165, 1.54) is 16.5 Å². The number of aromatic nitrogens is 4. The van der Waals surface area contributed by atoms with Crippen LogP contribution in [0.5, 0.6) is 0 Å². The molecule has 0 aliphatic carbocycles. The fourth-order valence-electron chi connectivity index (χ4n) is 3.43. The van der Waals surface area contributed by atoms with E-state index in [1.807, 2.05) is 20.8 Å². The molecule has 0 unspecified atom stereocenters. The van der Waals surface area contributed by atoms with Gasteiger partial charge in [-0.05, 0) is 30.7 Å². The number of hydrogen-bond acceptors (Lipinski definition) is 7. The van der Waals surface area contributed by atoms with Crippen molar-refractivity contribution >= 4 is 40.3 Å². The van der Waals surface area contributed by atoms with Gasteiger partial charge in [-0.1, -0.05) is 32.5 Å². The van der Waals surface area contributed by atoms with Crippen molar-refractivity contribution in [2.45, 2.75) is 44.7 Å². The lowest BCUT2D eigenvalue weighted by Gasteiger charge is -2.15. The first-order chi connectivity index (χ1) is 16.5. The van der Waals surface area contributed by atoms with E-state index in [1.54, 1.807) is 38.4 Å². The molecule has 3 aromatic rings. The Morgan fingerprint density at radius 3 is 2.34 bits per heavy atom. The fourth-order valence-corrected chi connectivity index (χ4v) is 4.25. The van der Waals surface area contributed by atoms with Crippen molar-refractivity contribution in [2.75, 3.05) is 25.2 Å². The topological polar surface area (TPSA) is 119 Å². The van der Waals surface area contributed by atoms with Gasteiger partial charge in [0.1, 0.15) is 16.2 Å². The first-order valence-electron chi connectivity index (χ1n) is 11.3. The van der Waals surface area contributed by atoms with Crippen LogP contribution in [0, 0.1) is 0 Å². The first kappa shape index (κ1) is 26.1. The number of carbonyl (C=O) groups is 2. The average molecular weight is 499 g/mol. The second-order valence-electron chi connectivity index (χ2n) is 8.65. The summed E-state index contributed by atoms with van der Waals surface area (Å²) < 4.78 is 2.54. The van der Waals surface area contributed by atoms with Crippen molar-refractivity contribution in [1.82, 2.24) is 24.0 Å². The molecule has 2 heterocycles. The van der Waals surface area contributed by atoms with Crippen molar-refractivity contribution in [1.29, 1.82) is 0 Å². The van der Waals surface area contributed by atoms with Crippen LogP contribution in [0.4, 0.5) is 5.69 Å². The van der Waals surface area contributed by atoms with Gasteiger partial charge in [0, 0.05) is 44.9 Å². The molecule has 0 fully saturated rings. The smallest absolute Gasteiger partial charge is 0.332 e. The predicted molar refractivity (Wildman–Crippen MR) is 137 cm³/mol. The van der Waals surface area contributed by atoms with Gasteiger partial charge in [-0.3, -0.25) is 23.5 Å². The van der Waals surface area contributed by atoms with Gasteiger partial charge in [0.25, 0.3) is 11.5 Å². The third-order valence-electron chi connectivity index (χ3n) is 5.29. The lowest BCUT2D eigenvalue weighted by atomic mass is 10.2. The SMILES string of the molecule is CCCn1c(=O)n(C)c(=O)c2c(SCC(=O)Nc3ccc(C(=O)N(C)C)cc3)nc(C(C)C)nc21. The van der Waals surface area contributed by atoms with Gasteiger partial charge < -0.3 is 10.2 Å². The molecule has 3 rings (SSSR count). The molecule has 0 saturated heterocycles. The number of nitrogens with one attached hydrogen (secondary N) is 1. The Hall–Kier alpha value is -3.47. The molecule has 0 radical (unpaired) electrons. The Bertz CT molecular complexity index is 1380. The van der Waals surface area contributed by atoms with Gasteiger partial charge in [-0.2, -0.15) is 0 Å². The highest BCUT2D eigenvalue weighted by atomic mass is 32.2. The molecule has 0 atom stereocenters. The average Bonchev–Trinajstić information content (AvgIpc) is 2.83. The van der Waals surface area contributed by atoms with Crippen LogP contribution >= 0.6 is 11.8 Å². The zero-order chi connectivity index (χ0) is 25.9. The molecule has 0 aliphatic rings. The summed E-state index contributed by atoms with van der Waals surface area (Å²) in [6.07, 6.45) is 0.692. The molecular formula is C24H30N6O4S.